The number of carbonyl (C=O) groups is 1. The fourth-order valence-corrected chi connectivity index (χ4v) is 3.35. The maximum atomic E-state index is 12.3. The van der Waals surface area contributed by atoms with Crippen molar-refractivity contribution < 1.29 is 17.9 Å². The van der Waals surface area contributed by atoms with Crippen LogP contribution in [0, 0.1) is 0 Å². The van der Waals surface area contributed by atoms with E-state index in [0.717, 1.165) is 0 Å². The molecule has 0 spiro atoms. The number of halogens is 1. The molecule has 0 fully saturated rings. The molecule has 0 radical (unpaired) electrons. The van der Waals surface area contributed by atoms with Crippen LogP contribution in [0.4, 0.5) is 5.69 Å². The summed E-state index contributed by atoms with van der Waals surface area (Å²) in [6, 6.07) is 4.06. The van der Waals surface area contributed by atoms with Crippen molar-refractivity contribution in [3.63, 3.8) is 0 Å². The van der Waals surface area contributed by atoms with Crippen LogP contribution < -0.4 is 11.1 Å². The van der Waals surface area contributed by atoms with Gasteiger partial charge >= 0.3 is 0 Å². The van der Waals surface area contributed by atoms with Crippen LogP contribution in [0.1, 0.15) is 6.92 Å². The fraction of sp³-hybridized carbons (Fsp3) is 0.417. The van der Waals surface area contributed by atoms with Crippen LogP contribution in [0.5, 0.6) is 0 Å². The maximum Gasteiger partial charge on any atom is 0.238 e. The SMILES string of the molecule is COCCNC(=O)C(C)S(=O)(=O)c1ccc(N)cc1Cl. The Morgan fingerprint density at radius 3 is 2.70 bits per heavy atom. The van der Waals surface area contributed by atoms with Gasteiger partial charge in [0.2, 0.25) is 5.91 Å². The molecule has 0 aliphatic rings. The Balaban J connectivity index is 2.95. The van der Waals surface area contributed by atoms with E-state index in [1.165, 1.54) is 32.2 Å². The molecule has 0 bridgehead atoms. The molecule has 0 aliphatic carbocycles. The molecular formula is C12H17ClN2O4S. The molecule has 0 heterocycles. The minimum absolute atomic E-state index is 0.00143. The number of rotatable bonds is 6. The van der Waals surface area contributed by atoms with E-state index in [0.29, 0.717) is 12.3 Å². The summed E-state index contributed by atoms with van der Waals surface area (Å²) in [4.78, 5) is 11.7. The van der Waals surface area contributed by atoms with Crippen molar-refractivity contribution in [2.45, 2.75) is 17.1 Å². The molecule has 0 saturated carbocycles. The lowest BCUT2D eigenvalue weighted by atomic mass is 10.3. The highest BCUT2D eigenvalue weighted by Gasteiger charge is 2.31. The average Bonchev–Trinajstić information content (AvgIpc) is 2.37. The number of amides is 1. The van der Waals surface area contributed by atoms with Gasteiger partial charge in [0.1, 0.15) is 5.25 Å². The summed E-state index contributed by atoms with van der Waals surface area (Å²) in [5, 5.41) is 1.23. The lowest BCUT2D eigenvalue weighted by molar-refractivity contribution is -0.120. The molecule has 20 heavy (non-hydrogen) atoms. The Labute approximate surface area is 123 Å². The number of nitrogen functional groups attached to an aromatic ring is 1. The van der Waals surface area contributed by atoms with Gasteiger partial charge in [-0.2, -0.15) is 0 Å². The van der Waals surface area contributed by atoms with Gasteiger partial charge in [-0.05, 0) is 25.1 Å². The number of hydrogen-bond donors (Lipinski definition) is 2. The molecule has 0 aliphatic heterocycles. The second-order valence-corrected chi connectivity index (χ2v) is 6.81. The first-order valence-electron chi connectivity index (χ1n) is 5.86. The molecule has 1 rings (SSSR count). The van der Waals surface area contributed by atoms with Gasteiger partial charge in [-0.15, -0.1) is 0 Å². The molecule has 3 N–H and O–H groups in total. The first-order valence-corrected chi connectivity index (χ1v) is 7.78. The van der Waals surface area contributed by atoms with E-state index in [-0.39, 0.29) is 16.5 Å². The highest BCUT2D eigenvalue weighted by atomic mass is 35.5. The van der Waals surface area contributed by atoms with Crippen LogP contribution >= 0.6 is 11.6 Å². The number of ether oxygens (including phenoxy) is 1. The Morgan fingerprint density at radius 1 is 1.50 bits per heavy atom. The van der Waals surface area contributed by atoms with E-state index < -0.39 is 21.0 Å². The number of carbonyl (C=O) groups excluding carboxylic acids is 1. The number of nitrogens with one attached hydrogen (secondary N) is 1. The van der Waals surface area contributed by atoms with Crippen molar-refractivity contribution in [2.24, 2.45) is 0 Å². The van der Waals surface area contributed by atoms with E-state index in [4.69, 9.17) is 22.1 Å². The minimum atomic E-state index is -3.86. The van der Waals surface area contributed by atoms with Crippen LogP contribution in [0.3, 0.4) is 0 Å². The largest absolute Gasteiger partial charge is 0.399 e. The first-order chi connectivity index (χ1) is 9.30. The Bertz CT molecular complexity index is 589. The van der Waals surface area contributed by atoms with E-state index in [1.807, 2.05) is 0 Å². The third-order valence-electron chi connectivity index (χ3n) is 2.70. The van der Waals surface area contributed by atoms with Crippen LogP contribution in [-0.2, 0) is 19.4 Å². The number of nitrogens with two attached hydrogens (primary N) is 1. The van der Waals surface area contributed by atoms with Gasteiger partial charge in [0, 0.05) is 19.3 Å². The van der Waals surface area contributed by atoms with Crippen molar-refractivity contribution >= 4 is 33.0 Å². The molecule has 0 saturated heterocycles. The second-order valence-electron chi connectivity index (χ2n) is 4.16. The van der Waals surface area contributed by atoms with Gasteiger partial charge in [0.25, 0.3) is 0 Å². The van der Waals surface area contributed by atoms with Crippen molar-refractivity contribution in [1.82, 2.24) is 5.32 Å². The van der Waals surface area contributed by atoms with E-state index in [9.17, 15) is 13.2 Å². The number of sulfone groups is 1. The van der Waals surface area contributed by atoms with E-state index in [2.05, 4.69) is 5.32 Å². The summed E-state index contributed by atoms with van der Waals surface area (Å²) < 4.78 is 29.4. The predicted octanol–water partition coefficient (Wildman–Crippen LogP) is 0.847. The minimum Gasteiger partial charge on any atom is -0.399 e. The highest BCUT2D eigenvalue weighted by molar-refractivity contribution is 7.92. The van der Waals surface area contributed by atoms with Gasteiger partial charge in [0.15, 0.2) is 9.84 Å². The Kier molecular flexibility index (Phi) is 5.79. The van der Waals surface area contributed by atoms with Crippen molar-refractivity contribution in [3.05, 3.63) is 23.2 Å². The van der Waals surface area contributed by atoms with Gasteiger partial charge in [-0.3, -0.25) is 4.79 Å². The monoisotopic (exact) mass is 320 g/mol. The van der Waals surface area contributed by atoms with Crippen LogP contribution in [0.2, 0.25) is 5.02 Å². The molecule has 1 atom stereocenters. The first kappa shape index (κ1) is 16.7. The van der Waals surface area contributed by atoms with E-state index in [1.54, 1.807) is 0 Å². The summed E-state index contributed by atoms with van der Waals surface area (Å²) in [5.74, 6) is -0.602. The fourth-order valence-electron chi connectivity index (χ4n) is 1.50. The maximum absolute atomic E-state index is 12.3. The number of methoxy groups -OCH3 is 1. The van der Waals surface area contributed by atoms with Crippen LogP contribution in [-0.4, -0.2) is 39.8 Å². The molecule has 1 unspecified atom stereocenters. The molecule has 1 aromatic carbocycles. The highest BCUT2D eigenvalue weighted by Crippen LogP contribution is 2.26. The van der Waals surface area contributed by atoms with Gasteiger partial charge in [0.05, 0.1) is 16.5 Å². The van der Waals surface area contributed by atoms with Crippen LogP contribution in [0.25, 0.3) is 0 Å². The van der Waals surface area contributed by atoms with Gasteiger partial charge < -0.3 is 15.8 Å². The van der Waals surface area contributed by atoms with E-state index >= 15 is 0 Å². The zero-order valence-corrected chi connectivity index (χ0v) is 12.8. The van der Waals surface area contributed by atoms with Crippen molar-refractivity contribution in [1.29, 1.82) is 0 Å². The van der Waals surface area contributed by atoms with Crippen molar-refractivity contribution in [2.75, 3.05) is 26.0 Å². The molecule has 8 heteroatoms. The predicted molar refractivity (Wildman–Crippen MR) is 77.4 cm³/mol. The number of anilines is 1. The Morgan fingerprint density at radius 2 is 2.15 bits per heavy atom. The molecular weight excluding hydrogens is 304 g/mol. The van der Waals surface area contributed by atoms with Crippen LogP contribution in [0.15, 0.2) is 23.1 Å². The third-order valence-corrected chi connectivity index (χ3v) is 5.24. The molecule has 1 amide bonds. The summed E-state index contributed by atoms with van der Waals surface area (Å²) in [6.45, 7) is 1.86. The second kappa shape index (κ2) is 6.92. The quantitative estimate of drug-likeness (QED) is 0.598. The molecule has 6 nitrogen and oxygen atoms in total. The zero-order chi connectivity index (χ0) is 15.3. The molecule has 112 valence electrons. The lowest BCUT2D eigenvalue weighted by Gasteiger charge is -2.14. The van der Waals surface area contributed by atoms with Gasteiger partial charge in [-0.25, -0.2) is 8.42 Å². The summed E-state index contributed by atoms with van der Waals surface area (Å²) in [6.07, 6.45) is 0. The Hall–Kier alpha value is -1.31. The number of benzene rings is 1. The zero-order valence-electron chi connectivity index (χ0n) is 11.2. The summed E-state index contributed by atoms with van der Waals surface area (Å²) in [5.41, 5.74) is 5.87. The normalized spacial score (nSPS) is 12.9. The summed E-state index contributed by atoms with van der Waals surface area (Å²) >= 11 is 5.88. The molecule has 0 aromatic heterocycles. The topological polar surface area (TPSA) is 98.5 Å². The smallest absolute Gasteiger partial charge is 0.238 e. The average molecular weight is 321 g/mol. The lowest BCUT2D eigenvalue weighted by Crippen LogP contribution is -2.39. The summed E-state index contributed by atoms with van der Waals surface area (Å²) in [7, 11) is -2.38. The van der Waals surface area contributed by atoms with Gasteiger partial charge in [-0.1, -0.05) is 11.6 Å². The molecule has 1 aromatic rings. The van der Waals surface area contributed by atoms with Crippen molar-refractivity contribution in [3.8, 4) is 0 Å². The third kappa shape index (κ3) is 3.84. The number of hydrogen-bond acceptors (Lipinski definition) is 5. The standard InChI is InChI=1S/C12H17ClN2O4S/c1-8(12(16)15-5-6-19-2)20(17,18)11-4-3-9(14)7-10(11)13/h3-4,7-8H,5-6,14H2,1-2H3,(H,15,16).